The topological polar surface area (TPSA) is 78.4 Å². The van der Waals surface area contributed by atoms with E-state index in [1.54, 1.807) is 0 Å². The van der Waals surface area contributed by atoms with Crippen LogP contribution in [0.3, 0.4) is 0 Å². The molecule has 8 nitrogen and oxygen atoms in total. The van der Waals surface area contributed by atoms with Gasteiger partial charge in [-0.2, -0.15) is 0 Å². The van der Waals surface area contributed by atoms with Crippen molar-refractivity contribution in [2.24, 2.45) is 0 Å². The van der Waals surface area contributed by atoms with Crippen LogP contribution in [0.15, 0.2) is 0 Å². The Morgan fingerprint density at radius 3 is 1.42 bits per heavy atom. The highest BCUT2D eigenvalue weighted by atomic mass is 15.2. The smallest absolute Gasteiger partial charge is 0.155 e. The summed E-state index contributed by atoms with van der Waals surface area (Å²) in [5.41, 5.74) is 0. The number of rotatable bonds is 0. The van der Waals surface area contributed by atoms with Crippen LogP contribution < -0.4 is 31.9 Å². The Bertz CT molecular complexity index is 341. The maximum absolute atomic E-state index is 3.57. The zero-order valence-electron chi connectivity index (χ0n) is 16.5. The van der Waals surface area contributed by atoms with Gasteiger partial charge in [0, 0.05) is 78.5 Å². The minimum absolute atomic E-state index is 0.941. The number of fused-ring (bicyclic) bond motifs is 21. The van der Waals surface area contributed by atoms with Crippen LogP contribution in [0.4, 0.5) is 0 Å². The number of nitrogens with zero attached hydrogens (tertiary/aromatic N) is 2. The third-order valence-electron chi connectivity index (χ3n) is 4.90. The monoisotopic (exact) mass is 369 g/mol. The van der Waals surface area contributed by atoms with Crippen LogP contribution >= 0.6 is 0 Å². The quantitative estimate of drug-likeness (QED) is 0.253. The molecule has 3 aliphatic heterocycles. The van der Waals surface area contributed by atoms with Gasteiger partial charge in [0.15, 0.2) is 19.3 Å². The SMILES string of the molecule is C1=[N+]2CCNCCNCCN(CCNCCNC1)CCNCCNCC2. The molecule has 0 saturated carbocycles. The molecule has 1 saturated heterocycles. The Hall–Kier alpha value is -0.610. The molecule has 0 spiro atoms. The van der Waals surface area contributed by atoms with Gasteiger partial charge >= 0.3 is 0 Å². The third kappa shape index (κ3) is 11.2. The van der Waals surface area contributed by atoms with Gasteiger partial charge in [0.1, 0.15) is 0 Å². The van der Waals surface area contributed by atoms with E-state index in [1.807, 2.05) is 0 Å². The maximum Gasteiger partial charge on any atom is 0.155 e. The summed E-state index contributed by atoms with van der Waals surface area (Å²) in [5, 5.41) is 21.3. The van der Waals surface area contributed by atoms with Gasteiger partial charge in [0.25, 0.3) is 0 Å². The van der Waals surface area contributed by atoms with Gasteiger partial charge in [0.05, 0.1) is 19.6 Å². The molecule has 26 heavy (non-hydrogen) atoms. The van der Waals surface area contributed by atoms with Gasteiger partial charge in [0.2, 0.25) is 0 Å². The molecule has 0 radical (unpaired) electrons. The second kappa shape index (κ2) is 15.4. The van der Waals surface area contributed by atoms with Crippen LogP contribution in [0.25, 0.3) is 0 Å². The lowest BCUT2D eigenvalue weighted by Gasteiger charge is -2.23. The van der Waals surface area contributed by atoms with Crippen molar-refractivity contribution in [1.82, 2.24) is 36.8 Å². The Morgan fingerprint density at radius 2 is 0.923 bits per heavy atom. The largest absolute Gasteiger partial charge is 0.314 e. The van der Waals surface area contributed by atoms with E-state index in [0.29, 0.717) is 0 Å². The average Bonchev–Trinajstić information content (AvgIpc) is 2.65. The zero-order chi connectivity index (χ0) is 18.1. The highest BCUT2D eigenvalue weighted by molar-refractivity contribution is 5.53. The molecular weight excluding hydrogens is 328 g/mol. The second-order valence-electron chi connectivity index (χ2n) is 7.01. The van der Waals surface area contributed by atoms with E-state index in [2.05, 4.69) is 47.6 Å². The number of hydrogen-bond donors (Lipinski definition) is 6. The molecule has 3 heterocycles. The van der Waals surface area contributed by atoms with E-state index >= 15 is 0 Å². The molecule has 6 N–H and O–H groups in total. The van der Waals surface area contributed by atoms with Crippen molar-refractivity contribution < 1.29 is 4.58 Å². The molecule has 0 amide bonds. The first-order valence-corrected chi connectivity index (χ1v) is 10.5. The Balaban J connectivity index is 1.91. The molecule has 0 unspecified atom stereocenters. The van der Waals surface area contributed by atoms with Crippen molar-refractivity contribution in [2.45, 2.75) is 0 Å². The van der Waals surface area contributed by atoms with E-state index in [0.717, 1.165) is 111 Å². The fourth-order valence-electron chi connectivity index (χ4n) is 3.24. The van der Waals surface area contributed by atoms with E-state index in [4.69, 9.17) is 0 Å². The predicted molar refractivity (Wildman–Crippen MR) is 110 cm³/mol. The minimum atomic E-state index is 0.941. The standard InChI is InChI=1S/C18H41N8/c1-2-20-8-14-26-17-11-23-5-3-21-9-15-25(13-7-19-1)16-10-22-4-6-24-12-18-26/h13,19-24H,1-12,14-18H2/q+1. The van der Waals surface area contributed by atoms with E-state index in [9.17, 15) is 0 Å². The normalized spacial score (nSPS) is 27.4. The highest BCUT2D eigenvalue weighted by Gasteiger charge is 2.07. The lowest BCUT2D eigenvalue weighted by atomic mass is 10.4. The summed E-state index contributed by atoms with van der Waals surface area (Å²) in [7, 11) is 0. The van der Waals surface area contributed by atoms with E-state index < -0.39 is 0 Å². The summed E-state index contributed by atoms with van der Waals surface area (Å²) in [4.78, 5) is 2.55. The first kappa shape index (κ1) is 21.7. The summed E-state index contributed by atoms with van der Waals surface area (Å²) in [6, 6.07) is 0. The number of nitrogens with one attached hydrogen (secondary N) is 6. The van der Waals surface area contributed by atoms with Crippen LogP contribution in [-0.2, 0) is 0 Å². The summed E-state index contributed by atoms with van der Waals surface area (Å²) in [6.07, 6.45) is 2.31. The van der Waals surface area contributed by atoms with Gasteiger partial charge < -0.3 is 31.9 Å². The molecule has 0 aliphatic carbocycles. The molecule has 1 fully saturated rings. The lowest BCUT2D eigenvalue weighted by molar-refractivity contribution is -0.520. The molecule has 0 aromatic heterocycles. The van der Waals surface area contributed by atoms with Crippen LogP contribution in [0.2, 0.25) is 0 Å². The van der Waals surface area contributed by atoms with Crippen LogP contribution in [-0.4, -0.2) is 127 Å². The molecule has 152 valence electrons. The molecule has 8 heteroatoms. The molecular formula is C18H41N8+. The Morgan fingerprint density at radius 1 is 0.500 bits per heavy atom. The molecule has 0 aromatic carbocycles. The fourth-order valence-corrected chi connectivity index (χ4v) is 3.24. The molecule has 3 rings (SSSR count). The third-order valence-corrected chi connectivity index (χ3v) is 4.90. The van der Waals surface area contributed by atoms with Crippen molar-refractivity contribution in [3.63, 3.8) is 0 Å². The van der Waals surface area contributed by atoms with Crippen molar-refractivity contribution in [3.8, 4) is 0 Å². The first-order chi connectivity index (χ1) is 12.9. The summed E-state index contributed by atoms with van der Waals surface area (Å²) in [5.74, 6) is 0. The number of hydrogen-bond acceptors (Lipinski definition) is 7. The molecule has 0 aromatic rings. The van der Waals surface area contributed by atoms with Gasteiger partial charge in [-0.25, -0.2) is 4.58 Å². The second-order valence-corrected chi connectivity index (χ2v) is 7.01. The molecule has 0 atom stereocenters. The lowest BCUT2D eigenvalue weighted by Crippen LogP contribution is -2.43. The van der Waals surface area contributed by atoms with Crippen LogP contribution in [0.1, 0.15) is 0 Å². The van der Waals surface area contributed by atoms with Gasteiger partial charge in [-0.05, 0) is 0 Å². The van der Waals surface area contributed by atoms with Crippen molar-refractivity contribution >= 4 is 6.21 Å². The van der Waals surface area contributed by atoms with Gasteiger partial charge in [-0.3, -0.25) is 4.90 Å². The maximum atomic E-state index is 3.57. The predicted octanol–water partition coefficient (Wildman–Crippen LogP) is -3.06. The minimum Gasteiger partial charge on any atom is -0.314 e. The van der Waals surface area contributed by atoms with Crippen LogP contribution in [0, 0.1) is 0 Å². The fraction of sp³-hybridized carbons (Fsp3) is 0.944. The average molecular weight is 370 g/mol. The highest BCUT2D eigenvalue weighted by Crippen LogP contribution is 1.86. The molecule has 2 bridgehead atoms. The van der Waals surface area contributed by atoms with Crippen molar-refractivity contribution in [3.05, 3.63) is 0 Å². The molecule has 3 aliphatic rings. The van der Waals surface area contributed by atoms with Gasteiger partial charge in [-0.1, -0.05) is 0 Å². The first-order valence-electron chi connectivity index (χ1n) is 10.5. The van der Waals surface area contributed by atoms with Crippen molar-refractivity contribution in [2.75, 3.05) is 111 Å². The Kier molecular flexibility index (Phi) is 12.9. The van der Waals surface area contributed by atoms with E-state index in [1.165, 1.54) is 0 Å². The summed E-state index contributed by atoms with van der Waals surface area (Å²) in [6.45, 7) is 17.8. The summed E-state index contributed by atoms with van der Waals surface area (Å²) < 4.78 is 2.44. The van der Waals surface area contributed by atoms with Crippen LogP contribution in [0.5, 0.6) is 0 Å². The van der Waals surface area contributed by atoms with Gasteiger partial charge in [-0.15, -0.1) is 0 Å². The Labute approximate surface area is 159 Å². The van der Waals surface area contributed by atoms with E-state index in [-0.39, 0.29) is 0 Å². The zero-order valence-corrected chi connectivity index (χ0v) is 16.5. The summed E-state index contributed by atoms with van der Waals surface area (Å²) >= 11 is 0. The van der Waals surface area contributed by atoms with Crippen molar-refractivity contribution in [1.29, 1.82) is 0 Å².